The molecule has 1 fully saturated rings. The number of hydrogen-bond donors (Lipinski definition) is 1. The molecule has 0 unspecified atom stereocenters. The molecule has 0 spiro atoms. The predicted molar refractivity (Wildman–Crippen MR) is 90.0 cm³/mol. The second-order valence-electron chi connectivity index (χ2n) is 5.53. The van der Waals surface area contributed by atoms with Crippen LogP contribution in [0.4, 0.5) is 0 Å². The largest absolute Gasteiger partial charge is 0.497 e. The van der Waals surface area contributed by atoms with Crippen molar-refractivity contribution in [3.8, 4) is 5.75 Å². The Bertz CT molecular complexity index is 809. The number of nitrogens with two attached hydrogens (primary N) is 1. The molecule has 0 bridgehead atoms. The van der Waals surface area contributed by atoms with Crippen LogP contribution in [0.15, 0.2) is 28.6 Å². The van der Waals surface area contributed by atoms with Crippen molar-refractivity contribution in [1.29, 1.82) is 0 Å². The second-order valence-corrected chi connectivity index (χ2v) is 7.71. The Morgan fingerprint density at radius 2 is 2.39 bits per heavy atom. The number of ether oxygens (including phenoxy) is 1. The third kappa shape index (κ3) is 3.06. The highest BCUT2D eigenvalue weighted by Crippen LogP contribution is 2.29. The van der Waals surface area contributed by atoms with Crippen molar-refractivity contribution in [2.45, 2.75) is 29.0 Å². The van der Waals surface area contributed by atoms with E-state index in [0.29, 0.717) is 6.04 Å². The lowest BCUT2D eigenvalue weighted by Crippen LogP contribution is -2.82. The van der Waals surface area contributed by atoms with Gasteiger partial charge in [-0.25, -0.2) is 0 Å². The lowest BCUT2D eigenvalue weighted by molar-refractivity contribution is -0.677. The first-order valence-corrected chi connectivity index (χ1v) is 9.45. The van der Waals surface area contributed by atoms with Crippen LogP contribution < -0.4 is 10.1 Å². The van der Waals surface area contributed by atoms with Crippen molar-refractivity contribution in [2.75, 3.05) is 13.7 Å². The van der Waals surface area contributed by atoms with Gasteiger partial charge in [0.2, 0.25) is 10.8 Å². The maximum atomic E-state index is 5.27. The number of quaternary nitrogens is 1. The predicted octanol–water partition coefficient (Wildman–Crippen LogP) is 1.88. The number of nitrogens with zero attached hydrogens (tertiary/aromatic N) is 4. The van der Waals surface area contributed by atoms with Crippen molar-refractivity contribution in [3.63, 3.8) is 0 Å². The minimum atomic E-state index is 0.406. The first-order valence-electron chi connectivity index (χ1n) is 7.64. The van der Waals surface area contributed by atoms with Crippen LogP contribution in [0, 0.1) is 0 Å². The Balaban J connectivity index is 1.50. The summed E-state index contributed by atoms with van der Waals surface area (Å²) in [6, 6.07) is 8.55. The molecule has 0 radical (unpaired) electrons. The van der Waals surface area contributed by atoms with E-state index in [2.05, 4.69) is 27.6 Å². The molecule has 1 saturated heterocycles. The fourth-order valence-electron chi connectivity index (χ4n) is 2.82. The first kappa shape index (κ1) is 14.9. The molecule has 6 nitrogen and oxygen atoms in total. The maximum Gasteiger partial charge on any atom is 0.235 e. The molecular formula is C15H18N5OS2+. The molecule has 8 heteroatoms. The average Bonchev–Trinajstić information content (AvgIpc) is 3.29. The van der Waals surface area contributed by atoms with Crippen molar-refractivity contribution in [1.82, 2.24) is 19.8 Å². The fraction of sp³-hybridized carbons (Fsp3) is 0.400. The SMILES string of the molecule is COc1cccc(CSc2nn3c([C@H]4CCC[NH2+]4)nnc3s2)c1. The third-order valence-electron chi connectivity index (χ3n) is 3.99. The van der Waals surface area contributed by atoms with Gasteiger partial charge < -0.3 is 10.1 Å². The van der Waals surface area contributed by atoms with E-state index in [1.54, 1.807) is 30.2 Å². The summed E-state index contributed by atoms with van der Waals surface area (Å²) in [5.41, 5.74) is 1.23. The Hall–Kier alpha value is -1.64. The normalized spacial score (nSPS) is 17.9. The quantitative estimate of drug-likeness (QED) is 0.713. The molecule has 1 aliphatic rings. The highest BCUT2D eigenvalue weighted by molar-refractivity contribution is 8.00. The van der Waals surface area contributed by atoms with Crippen LogP contribution >= 0.6 is 23.1 Å². The molecule has 2 aromatic heterocycles. The lowest BCUT2D eigenvalue weighted by Gasteiger charge is -2.03. The van der Waals surface area contributed by atoms with Crippen molar-refractivity contribution < 1.29 is 10.1 Å². The summed E-state index contributed by atoms with van der Waals surface area (Å²) in [4.78, 5) is 0.883. The van der Waals surface area contributed by atoms with E-state index >= 15 is 0 Å². The van der Waals surface area contributed by atoms with E-state index in [1.165, 1.54) is 18.5 Å². The highest BCUT2D eigenvalue weighted by atomic mass is 32.2. The van der Waals surface area contributed by atoms with E-state index in [9.17, 15) is 0 Å². The Labute approximate surface area is 142 Å². The molecule has 0 amide bonds. The van der Waals surface area contributed by atoms with Crippen LogP contribution in [0.5, 0.6) is 5.75 Å². The van der Waals surface area contributed by atoms with Gasteiger partial charge in [-0.15, -0.1) is 15.3 Å². The van der Waals surface area contributed by atoms with Crippen LogP contribution in [0.1, 0.15) is 30.3 Å². The van der Waals surface area contributed by atoms with Crippen LogP contribution in [-0.4, -0.2) is 33.5 Å². The molecule has 23 heavy (non-hydrogen) atoms. The Morgan fingerprint density at radius 1 is 1.43 bits per heavy atom. The highest BCUT2D eigenvalue weighted by Gasteiger charge is 2.27. The summed E-state index contributed by atoms with van der Waals surface area (Å²) < 4.78 is 8.21. The molecule has 3 aromatic rings. The zero-order chi connectivity index (χ0) is 15.6. The number of aromatic nitrogens is 4. The van der Waals surface area contributed by atoms with Gasteiger partial charge in [0.1, 0.15) is 11.8 Å². The number of hydrogen-bond acceptors (Lipinski definition) is 6. The molecule has 0 aliphatic carbocycles. The zero-order valence-corrected chi connectivity index (χ0v) is 14.4. The molecule has 120 valence electrons. The number of fused-ring (bicyclic) bond motifs is 1. The van der Waals surface area contributed by atoms with Gasteiger partial charge >= 0.3 is 0 Å². The van der Waals surface area contributed by atoms with E-state index in [0.717, 1.165) is 33.0 Å². The van der Waals surface area contributed by atoms with Crippen LogP contribution in [0.25, 0.3) is 4.96 Å². The van der Waals surface area contributed by atoms with Gasteiger partial charge in [0.05, 0.1) is 13.7 Å². The Morgan fingerprint density at radius 3 is 3.22 bits per heavy atom. The molecular weight excluding hydrogens is 330 g/mol. The average molecular weight is 348 g/mol. The lowest BCUT2D eigenvalue weighted by atomic mass is 10.2. The molecule has 1 aromatic carbocycles. The fourth-order valence-corrected chi connectivity index (χ4v) is 4.65. The summed E-state index contributed by atoms with van der Waals surface area (Å²) in [6.07, 6.45) is 2.39. The van der Waals surface area contributed by atoms with E-state index in [-0.39, 0.29) is 0 Å². The smallest absolute Gasteiger partial charge is 0.235 e. The number of thioether (sulfide) groups is 1. The minimum absolute atomic E-state index is 0.406. The van der Waals surface area contributed by atoms with Gasteiger partial charge in [0, 0.05) is 18.6 Å². The van der Waals surface area contributed by atoms with Crippen LogP contribution in [0.3, 0.4) is 0 Å². The third-order valence-corrected chi connectivity index (χ3v) is 6.10. The molecule has 0 saturated carbocycles. The van der Waals surface area contributed by atoms with Gasteiger partial charge in [0.25, 0.3) is 0 Å². The summed E-state index contributed by atoms with van der Waals surface area (Å²) in [5.74, 6) is 2.74. The van der Waals surface area contributed by atoms with E-state index < -0.39 is 0 Å². The van der Waals surface area contributed by atoms with E-state index in [1.807, 2.05) is 16.6 Å². The van der Waals surface area contributed by atoms with Crippen molar-refractivity contribution in [3.05, 3.63) is 35.7 Å². The molecule has 3 heterocycles. The number of methoxy groups -OCH3 is 1. The topological polar surface area (TPSA) is 68.9 Å². The van der Waals surface area contributed by atoms with Crippen LogP contribution in [0.2, 0.25) is 0 Å². The summed E-state index contributed by atoms with van der Waals surface area (Å²) in [6.45, 7) is 1.17. The first-order chi connectivity index (χ1) is 11.3. The summed E-state index contributed by atoms with van der Waals surface area (Å²) in [5, 5.41) is 15.6. The van der Waals surface area contributed by atoms with Gasteiger partial charge in [0.15, 0.2) is 4.34 Å². The summed E-state index contributed by atoms with van der Waals surface area (Å²) in [7, 11) is 1.69. The van der Waals surface area contributed by atoms with Crippen LogP contribution in [-0.2, 0) is 5.75 Å². The van der Waals surface area contributed by atoms with Crippen molar-refractivity contribution in [2.24, 2.45) is 0 Å². The molecule has 4 rings (SSSR count). The maximum absolute atomic E-state index is 5.27. The standard InChI is InChI=1S/C15H17N5OS2/c1-21-11-5-2-4-10(8-11)9-22-15-19-20-13(12-6-3-7-16-12)17-18-14(20)23-15/h2,4-5,8,12,16H,3,6-7,9H2,1H3/p+1/t12-/m1/s1. The zero-order valence-electron chi connectivity index (χ0n) is 12.8. The monoisotopic (exact) mass is 348 g/mol. The number of rotatable bonds is 5. The van der Waals surface area contributed by atoms with Gasteiger partial charge in [-0.05, 0) is 17.7 Å². The second kappa shape index (κ2) is 6.46. The number of benzene rings is 1. The van der Waals surface area contributed by atoms with Crippen molar-refractivity contribution >= 4 is 28.1 Å². The molecule has 1 atom stereocenters. The minimum Gasteiger partial charge on any atom is -0.497 e. The Kier molecular flexibility index (Phi) is 4.19. The van der Waals surface area contributed by atoms with E-state index in [4.69, 9.17) is 9.84 Å². The van der Waals surface area contributed by atoms with Gasteiger partial charge in [-0.1, -0.05) is 35.2 Å². The van der Waals surface area contributed by atoms with Gasteiger partial charge in [-0.2, -0.15) is 4.52 Å². The summed E-state index contributed by atoms with van der Waals surface area (Å²) >= 11 is 3.33. The molecule has 2 N–H and O–H groups in total. The van der Waals surface area contributed by atoms with Gasteiger partial charge in [-0.3, -0.25) is 0 Å². The molecule has 1 aliphatic heterocycles.